The van der Waals surface area contributed by atoms with Crippen LogP contribution in [0.2, 0.25) is 0 Å². The molecular weight excluding hydrogens is 340 g/mol. The molecule has 1 aromatic rings. The number of para-hydroxylation sites is 1. The van der Waals surface area contributed by atoms with Gasteiger partial charge in [0.1, 0.15) is 5.69 Å². The second-order valence-electron chi connectivity index (χ2n) is 4.71. The summed E-state index contributed by atoms with van der Waals surface area (Å²) in [4.78, 5) is 7.75. The first-order valence-electron chi connectivity index (χ1n) is 6.93. The third kappa shape index (κ3) is 3.51. The average molecular weight is 353 g/mol. The predicted octanol–water partition coefficient (Wildman–Crippen LogP) is 3.22. The summed E-state index contributed by atoms with van der Waals surface area (Å²) >= 11 is 6.16. The van der Waals surface area contributed by atoms with Gasteiger partial charge in [0.2, 0.25) is 0 Å². The number of hydrogen-bond acceptors (Lipinski definition) is 4. The van der Waals surface area contributed by atoms with Gasteiger partial charge < -0.3 is 15.3 Å². The number of halogens is 3. The number of hydrogen-bond donors (Lipinski definition) is 1. The lowest BCUT2D eigenvalue weighted by Crippen LogP contribution is -2.20. The molecule has 1 aliphatic rings. The van der Waals surface area contributed by atoms with Crippen LogP contribution in [0.3, 0.4) is 0 Å². The first-order chi connectivity index (χ1) is 11.4. The van der Waals surface area contributed by atoms with Gasteiger partial charge >= 0.3 is 0 Å². The number of aliphatic imine (C=N–C) groups is 2. The third-order valence-corrected chi connectivity index (χ3v) is 3.41. The SMILES string of the molecule is CCOC([O-])=C1C=NC(=Nc2c(F)cccc2F)C(C(C)=N)=C1Cl. The Kier molecular flexibility index (Phi) is 5.46. The lowest BCUT2D eigenvalue weighted by molar-refractivity contribution is -0.357. The minimum Gasteiger partial charge on any atom is -0.613 e. The highest BCUT2D eigenvalue weighted by Crippen LogP contribution is 2.29. The van der Waals surface area contributed by atoms with Crippen molar-refractivity contribution in [2.75, 3.05) is 6.61 Å². The van der Waals surface area contributed by atoms with Crippen LogP contribution in [0.25, 0.3) is 0 Å². The van der Waals surface area contributed by atoms with Gasteiger partial charge in [-0.3, -0.25) is 0 Å². The summed E-state index contributed by atoms with van der Waals surface area (Å²) in [6, 6.07) is 3.30. The largest absolute Gasteiger partial charge is 0.613 e. The number of nitrogens with one attached hydrogen (secondary N) is 1. The molecule has 0 aliphatic carbocycles. The van der Waals surface area contributed by atoms with E-state index < -0.39 is 23.3 Å². The fourth-order valence-electron chi connectivity index (χ4n) is 1.95. The molecule has 0 saturated carbocycles. The lowest BCUT2D eigenvalue weighted by atomic mass is 10.0. The van der Waals surface area contributed by atoms with Crippen LogP contribution >= 0.6 is 11.6 Å². The van der Waals surface area contributed by atoms with Gasteiger partial charge in [-0.1, -0.05) is 24.6 Å². The molecule has 0 aromatic heterocycles. The molecule has 1 aliphatic heterocycles. The Morgan fingerprint density at radius 3 is 2.54 bits per heavy atom. The van der Waals surface area contributed by atoms with Gasteiger partial charge in [0.25, 0.3) is 0 Å². The van der Waals surface area contributed by atoms with Crippen molar-refractivity contribution in [2.24, 2.45) is 9.98 Å². The number of amidine groups is 1. The van der Waals surface area contributed by atoms with Crippen molar-refractivity contribution in [1.82, 2.24) is 0 Å². The van der Waals surface area contributed by atoms with E-state index in [0.29, 0.717) is 0 Å². The van der Waals surface area contributed by atoms with Crippen molar-refractivity contribution in [2.45, 2.75) is 13.8 Å². The van der Waals surface area contributed by atoms with Gasteiger partial charge in [0.05, 0.1) is 16.6 Å². The number of ether oxygens (including phenoxy) is 1. The van der Waals surface area contributed by atoms with Crippen molar-refractivity contribution in [3.63, 3.8) is 0 Å². The Labute approximate surface area is 142 Å². The zero-order chi connectivity index (χ0) is 17.9. The summed E-state index contributed by atoms with van der Waals surface area (Å²) in [5.74, 6) is -2.63. The maximum Gasteiger partial charge on any atom is 0.163 e. The fraction of sp³-hybridized carbons (Fsp3) is 0.188. The molecule has 0 atom stereocenters. The molecule has 0 saturated heterocycles. The molecule has 5 nitrogen and oxygen atoms in total. The number of allylic oxidation sites excluding steroid dienone is 2. The molecule has 0 fully saturated rings. The van der Waals surface area contributed by atoms with Crippen LogP contribution in [-0.2, 0) is 4.74 Å². The monoisotopic (exact) mass is 352 g/mol. The number of dihydropyridines is 1. The zero-order valence-corrected chi connectivity index (χ0v) is 13.6. The molecule has 2 rings (SSSR count). The number of rotatable bonds is 4. The van der Waals surface area contributed by atoms with Crippen molar-refractivity contribution < 1.29 is 18.6 Å². The minimum atomic E-state index is -0.879. The zero-order valence-electron chi connectivity index (χ0n) is 12.9. The molecular formula is C16H13ClF2N3O2-. The van der Waals surface area contributed by atoms with Gasteiger partial charge in [0.15, 0.2) is 17.5 Å². The van der Waals surface area contributed by atoms with Gasteiger partial charge in [-0.15, -0.1) is 0 Å². The Balaban J connectivity index is 2.62. The first-order valence-corrected chi connectivity index (χ1v) is 7.31. The highest BCUT2D eigenvalue weighted by Gasteiger charge is 2.22. The summed E-state index contributed by atoms with van der Waals surface area (Å²) < 4.78 is 32.4. The molecule has 1 heterocycles. The molecule has 24 heavy (non-hydrogen) atoms. The Hall–Kier alpha value is -2.54. The summed E-state index contributed by atoms with van der Waals surface area (Å²) in [7, 11) is 0. The van der Waals surface area contributed by atoms with E-state index in [9.17, 15) is 13.9 Å². The normalized spacial score (nSPS) is 18.1. The standard InChI is InChI=1S/C16H14ClF2N3O2/c1-3-24-16(23)9-7-21-15(12(8(2)20)13(9)17)22-14-10(18)5-4-6-11(14)19/h4-7,20,23H,3H2,1-2H3/p-1. The van der Waals surface area contributed by atoms with Gasteiger partial charge in [0, 0.05) is 17.5 Å². The second-order valence-corrected chi connectivity index (χ2v) is 5.09. The second kappa shape index (κ2) is 7.35. The van der Waals surface area contributed by atoms with E-state index in [1.807, 2.05) is 0 Å². The molecule has 1 aromatic carbocycles. The van der Waals surface area contributed by atoms with E-state index in [-0.39, 0.29) is 34.3 Å². The maximum absolute atomic E-state index is 13.8. The Morgan fingerprint density at radius 2 is 2.00 bits per heavy atom. The quantitative estimate of drug-likeness (QED) is 0.666. The van der Waals surface area contributed by atoms with Crippen molar-refractivity contribution in [1.29, 1.82) is 5.41 Å². The van der Waals surface area contributed by atoms with E-state index in [2.05, 4.69) is 9.98 Å². The smallest absolute Gasteiger partial charge is 0.163 e. The molecule has 1 N–H and O–H groups in total. The van der Waals surface area contributed by atoms with Crippen LogP contribution in [0.1, 0.15) is 13.8 Å². The minimum absolute atomic E-state index is 0.00451. The molecule has 0 radical (unpaired) electrons. The van der Waals surface area contributed by atoms with Gasteiger partial charge in [-0.05, 0) is 25.7 Å². The van der Waals surface area contributed by atoms with Crippen molar-refractivity contribution in [3.05, 3.63) is 52.0 Å². The fourth-order valence-corrected chi connectivity index (χ4v) is 2.30. The highest BCUT2D eigenvalue weighted by molar-refractivity contribution is 6.43. The first kappa shape index (κ1) is 17.8. The van der Waals surface area contributed by atoms with E-state index in [1.54, 1.807) is 6.92 Å². The maximum atomic E-state index is 13.8. The van der Waals surface area contributed by atoms with E-state index in [1.165, 1.54) is 13.0 Å². The molecule has 8 heteroatoms. The summed E-state index contributed by atoms with van der Waals surface area (Å²) in [6.45, 7) is 3.17. The Bertz CT molecular complexity index is 793. The highest BCUT2D eigenvalue weighted by atomic mass is 35.5. The molecule has 0 spiro atoms. The third-order valence-electron chi connectivity index (χ3n) is 3.02. The summed E-state index contributed by atoms with van der Waals surface area (Å²) in [5.41, 5.74) is -0.653. The van der Waals surface area contributed by atoms with E-state index in [4.69, 9.17) is 21.7 Å². The lowest BCUT2D eigenvalue weighted by Gasteiger charge is -2.21. The molecule has 126 valence electrons. The average Bonchev–Trinajstić information content (AvgIpc) is 2.51. The van der Waals surface area contributed by atoms with E-state index >= 15 is 0 Å². The predicted molar refractivity (Wildman–Crippen MR) is 86.9 cm³/mol. The van der Waals surface area contributed by atoms with Crippen molar-refractivity contribution in [3.8, 4) is 0 Å². The summed E-state index contributed by atoms with van der Waals surface area (Å²) in [5, 5.41) is 19.6. The van der Waals surface area contributed by atoms with Crippen LogP contribution < -0.4 is 5.11 Å². The van der Waals surface area contributed by atoms with Crippen LogP contribution in [0.15, 0.2) is 50.3 Å². The topological polar surface area (TPSA) is 80.9 Å². The van der Waals surface area contributed by atoms with Gasteiger partial charge in [-0.25, -0.2) is 18.8 Å². The molecule has 0 amide bonds. The van der Waals surface area contributed by atoms with Crippen molar-refractivity contribution >= 4 is 35.1 Å². The number of benzene rings is 1. The number of nitrogens with zero attached hydrogens (tertiary/aromatic N) is 2. The Morgan fingerprint density at radius 1 is 1.38 bits per heavy atom. The molecule has 0 bridgehead atoms. The summed E-state index contributed by atoms with van der Waals surface area (Å²) in [6.07, 6.45) is 1.10. The van der Waals surface area contributed by atoms with Crippen LogP contribution in [0, 0.1) is 17.0 Å². The van der Waals surface area contributed by atoms with Gasteiger partial charge in [-0.2, -0.15) is 0 Å². The van der Waals surface area contributed by atoms with Crippen LogP contribution in [-0.4, -0.2) is 24.4 Å². The van der Waals surface area contributed by atoms with Crippen LogP contribution in [0.5, 0.6) is 0 Å². The van der Waals surface area contributed by atoms with Crippen LogP contribution in [0.4, 0.5) is 14.5 Å². The molecule has 0 unspecified atom stereocenters. The van der Waals surface area contributed by atoms with E-state index in [0.717, 1.165) is 18.3 Å².